The van der Waals surface area contributed by atoms with Crippen LogP contribution in [-0.4, -0.2) is 47.1 Å². The van der Waals surface area contributed by atoms with E-state index in [1.807, 2.05) is 0 Å². The van der Waals surface area contributed by atoms with E-state index in [9.17, 15) is 9.59 Å². The highest BCUT2D eigenvalue weighted by molar-refractivity contribution is 5.76. The van der Waals surface area contributed by atoms with Crippen LogP contribution in [0.4, 0.5) is 0 Å². The average molecular weight is 229 g/mol. The van der Waals surface area contributed by atoms with E-state index >= 15 is 0 Å². The minimum Gasteiger partial charge on any atom is -0.480 e. The molecule has 0 saturated heterocycles. The van der Waals surface area contributed by atoms with Crippen molar-refractivity contribution in [2.24, 2.45) is 11.5 Å². The van der Waals surface area contributed by atoms with Crippen LogP contribution < -0.4 is 11.5 Å². The third-order valence-corrected chi connectivity index (χ3v) is 2.95. The van der Waals surface area contributed by atoms with E-state index in [0.29, 0.717) is 0 Å². The molecular weight excluding hydrogens is 210 g/mol. The first kappa shape index (κ1) is 12.9. The molecule has 1 amide bonds. The summed E-state index contributed by atoms with van der Waals surface area (Å²) in [7, 11) is 0. The zero-order valence-corrected chi connectivity index (χ0v) is 9.26. The SMILES string of the molecule is NC(=O)CN(CC(N)C(=O)O)C1CCCC1. The molecule has 0 aliphatic heterocycles. The summed E-state index contributed by atoms with van der Waals surface area (Å²) in [5.74, 6) is -1.49. The predicted molar refractivity (Wildman–Crippen MR) is 58.6 cm³/mol. The van der Waals surface area contributed by atoms with Crippen molar-refractivity contribution in [2.45, 2.75) is 37.8 Å². The van der Waals surface area contributed by atoms with Crippen molar-refractivity contribution >= 4 is 11.9 Å². The summed E-state index contributed by atoms with van der Waals surface area (Å²) in [6.07, 6.45) is 4.20. The number of carbonyl (C=O) groups is 2. The van der Waals surface area contributed by atoms with Gasteiger partial charge in [-0.15, -0.1) is 0 Å². The maximum absolute atomic E-state index is 10.9. The summed E-state index contributed by atoms with van der Waals surface area (Å²) in [5, 5.41) is 8.74. The Labute approximate surface area is 94.6 Å². The van der Waals surface area contributed by atoms with Crippen LogP contribution in [0.3, 0.4) is 0 Å². The van der Waals surface area contributed by atoms with Gasteiger partial charge in [0.15, 0.2) is 0 Å². The summed E-state index contributed by atoms with van der Waals surface area (Å²) in [5.41, 5.74) is 10.6. The topological polar surface area (TPSA) is 110 Å². The van der Waals surface area contributed by atoms with Crippen molar-refractivity contribution in [1.29, 1.82) is 0 Å². The largest absolute Gasteiger partial charge is 0.480 e. The molecule has 1 fully saturated rings. The van der Waals surface area contributed by atoms with Crippen molar-refractivity contribution in [3.63, 3.8) is 0 Å². The van der Waals surface area contributed by atoms with Crippen LogP contribution in [0.2, 0.25) is 0 Å². The highest BCUT2D eigenvalue weighted by Crippen LogP contribution is 2.23. The molecule has 1 atom stereocenters. The molecule has 92 valence electrons. The van der Waals surface area contributed by atoms with E-state index in [1.165, 1.54) is 0 Å². The van der Waals surface area contributed by atoms with Gasteiger partial charge in [0.1, 0.15) is 6.04 Å². The van der Waals surface area contributed by atoms with Crippen LogP contribution in [0.25, 0.3) is 0 Å². The van der Waals surface area contributed by atoms with E-state index in [-0.39, 0.29) is 19.1 Å². The second-order valence-corrected chi connectivity index (χ2v) is 4.28. The molecule has 1 aliphatic carbocycles. The van der Waals surface area contributed by atoms with Crippen LogP contribution in [-0.2, 0) is 9.59 Å². The van der Waals surface area contributed by atoms with Gasteiger partial charge in [-0.05, 0) is 12.8 Å². The first-order valence-corrected chi connectivity index (χ1v) is 5.51. The Bertz CT molecular complexity index is 264. The van der Waals surface area contributed by atoms with Crippen LogP contribution >= 0.6 is 0 Å². The van der Waals surface area contributed by atoms with E-state index in [2.05, 4.69) is 0 Å². The van der Waals surface area contributed by atoms with Crippen molar-refractivity contribution < 1.29 is 14.7 Å². The van der Waals surface area contributed by atoms with Crippen molar-refractivity contribution in [3.8, 4) is 0 Å². The highest BCUT2D eigenvalue weighted by atomic mass is 16.4. The number of carbonyl (C=O) groups excluding carboxylic acids is 1. The van der Waals surface area contributed by atoms with Crippen LogP contribution in [0, 0.1) is 0 Å². The van der Waals surface area contributed by atoms with Gasteiger partial charge in [0, 0.05) is 12.6 Å². The fourth-order valence-corrected chi connectivity index (χ4v) is 2.14. The maximum Gasteiger partial charge on any atom is 0.321 e. The van der Waals surface area contributed by atoms with Gasteiger partial charge >= 0.3 is 5.97 Å². The first-order chi connectivity index (χ1) is 7.50. The lowest BCUT2D eigenvalue weighted by Gasteiger charge is -2.28. The molecule has 1 aliphatic rings. The van der Waals surface area contributed by atoms with Gasteiger partial charge in [0.2, 0.25) is 5.91 Å². The minimum atomic E-state index is -1.05. The zero-order chi connectivity index (χ0) is 12.1. The van der Waals surface area contributed by atoms with Crippen molar-refractivity contribution in [1.82, 2.24) is 4.90 Å². The third-order valence-electron chi connectivity index (χ3n) is 2.95. The van der Waals surface area contributed by atoms with Gasteiger partial charge < -0.3 is 16.6 Å². The zero-order valence-electron chi connectivity index (χ0n) is 9.26. The number of aliphatic carboxylic acids is 1. The summed E-state index contributed by atoms with van der Waals surface area (Å²) in [6.45, 7) is 0.272. The summed E-state index contributed by atoms with van der Waals surface area (Å²) < 4.78 is 0. The maximum atomic E-state index is 10.9. The Hall–Kier alpha value is -1.14. The van der Waals surface area contributed by atoms with Gasteiger partial charge in [0.25, 0.3) is 0 Å². The van der Waals surface area contributed by atoms with Crippen LogP contribution in [0.5, 0.6) is 0 Å². The normalized spacial score (nSPS) is 18.9. The number of carboxylic acids is 1. The molecular formula is C10H19N3O3. The second kappa shape index (κ2) is 5.81. The smallest absolute Gasteiger partial charge is 0.321 e. The molecule has 0 heterocycles. The molecule has 6 heteroatoms. The average Bonchev–Trinajstić information content (AvgIpc) is 2.68. The predicted octanol–water partition coefficient (Wildman–Crippen LogP) is -0.872. The Morgan fingerprint density at radius 3 is 2.38 bits per heavy atom. The molecule has 0 radical (unpaired) electrons. The van der Waals surface area contributed by atoms with Crippen molar-refractivity contribution in [2.75, 3.05) is 13.1 Å². The quantitative estimate of drug-likeness (QED) is 0.548. The van der Waals surface area contributed by atoms with Crippen LogP contribution in [0.15, 0.2) is 0 Å². The summed E-state index contributed by atoms with van der Waals surface area (Å²) in [6, 6.07) is -0.710. The molecule has 1 rings (SSSR count). The lowest BCUT2D eigenvalue weighted by atomic mass is 10.1. The first-order valence-electron chi connectivity index (χ1n) is 5.51. The highest BCUT2D eigenvalue weighted by Gasteiger charge is 2.26. The molecule has 6 nitrogen and oxygen atoms in total. The number of primary amides is 1. The molecule has 0 spiro atoms. The van der Waals surface area contributed by atoms with Gasteiger partial charge in [-0.2, -0.15) is 0 Å². The van der Waals surface area contributed by atoms with Crippen LogP contribution in [0.1, 0.15) is 25.7 Å². The Morgan fingerprint density at radius 2 is 1.94 bits per heavy atom. The standard InChI is InChI=1S/C10H19N3O3/c11-8(10(15)16)5-13(6-9(12)14)7-3-1-2-4-7/h7-8H,1-6,11H2,(H2,12,14)(H,15,16). The minimum absolute atomic E-state index is 0.0889. The molecule has 0 aromatic rings. The Morgan fingerprint density at radius 1 is 1.38 bits per heavy atom. The Balaban J connectivity index is 2.55. The van der Waals surface area contributed by atoms with Gasteiger partial charge in [-0.25, -0.2) is 0 Å². The van der Waals surface area contributed by atoms with E-state index in [4.69, 9.17) is 16.6 Å². The van der Waals surface area contributed by atoms with Crippen molar-refractivity contribution in [3.05, 3.63) is 0 Å². The number of nitrogens with two attached hydrogens (primary N) is 2. The van der Waals surface area contributed by atoms with Gasteiger partial charge in [0.05, 0.1) is 6.54 Å². The number of rotatable bonds is 6. The third kappa shape index (κ3) is 3.79. The van der Waals surface area contributed by atoms with E-state index in [0.717, 1.165) is 25.7 Å². The lowest BCUT2D eigenvalue weighted by molar-refractivity contribution is -0.139. The fraction of sp³-hybridized carbons (Fsp3) is 0.800. The molecule has 1 unspecified atom stereocenters. The molecule has 16 heavy (non-hydrogen) atoms. The number of hydrogen-bond acceptors (Lipinski definition) is 4. The van der Waals surface area contributed by atoms with E-state index in [1.54, 1.807) is 4.90 Å². The summed E-state index contributed by atoms with van der Waals surface area (Å²) >= 11 is 0. The van der Waals surface area contributed by atoms with Gasteiger partial charge in [-0.3, -0.25) is 14.5 Å². The molecule has 0 bridgehead atoms. The number of carboxylic acid groups (broad SMARTS) is 1. The molecule has 0 aromatic heterocycles. The molecule has 5 N–H and O–H groups in total. The number of amides is 1. The van der Waals surface area contributed by atoms with E-state index < -0.39 is 17.9 Å². The lowest BCUT2D eigenvalue weighted by Crippen LogP contribution is -2.49. The monoisotopic (exact) mass is 229 g/mol. The second-order valence-electron chi connectivity index (χ2n) is 4.28. The molecule has 0 aromatic carbocycles. The number of hydrogen-bond donors (Lipinski definition) is 3. The number of nitrogens with zero attached hydrogens (tertiary/aromatic N) is 1. The Kier molecular flexibility index (Phi) is 4.70. The fourth-order valence-electron chi connectivity index (χ4n) is 2.14. The summed E-state index contributed by atoms with van der Waals surface area (Å²) in [4.78, 5) is 23.4. The van der Waals surface area contributed by atoms with Gasteiger partial charge in [-0.1, -0.05) is 12.8 Å². The molecule has 1 saturated carbocycles.